The minimum absolute atomic E-state index is 0.0602. The maximum Gasteiger partial charge on any atom is 0.261 e. The van der Waals surface area contributed by atoms with Crippen LogP contribution in [-0.4, -0.2) is 34.8 Å². The first-order chi connectivity index (χ1) is 16.1. The van der Waals surface area contributed by atoms with Crippen LogP contribution < -0.4 is 9.64 Å². The van der Waals surface area contributed by atoms with Crippen molar-refractivity contribution >= 4 is 17.5 Å². The molecule has 1 aromatic heterocycles. The SMILES string of the molecule is CCc1ccc(CN(Cc2cccnc2)C(=O)COc2ccc(N3CCCC3=O)cc2)cc1. The molecule has 2 aromatic carbocycles. The number of hydrogen-bond donors (Lipinski definition) is 0. The summed E-state index contributed by atoms with van der Waals surface area (Å²) in [6, 6.07) is 19.5. The van der Waals surface area contributed by atoms with Crippen molar-refractivity contribution in [1.82, 2.24) is 9.88 Å². The first-order valence-corrected chi connectivity index (χ1v) is 11.4. The van der Waals surface area contributed by atoms with Gasteiger partial charge < -0.3 is 14.5 Å². The molecule has 0 radical (unpaired) electrons. The average Bonchev–Trinajstić information content (AvgIpc) is 3.29. The third-order valence-electron chi connectivity index (χ3n) is 5.84. The van der Waals surface area contributed by atoms with Gasteiger partial charge in [0.15, 0.2) is 6.61 Å². The number of hydrogen-bond acceptors (Lipinski definition) is 4. The smallest absolute Gasteiger partial charge is 0.261 e. The molecule has 1 fully saturated rings. The number of rotatable bonds is 9. The molecule has 4 rings (SSSR count). The molecule has 0 aliphatic carbocycles. The third kappa shape index (κ3) is 5.98. The number of nitrogens with zero attached hydrogens (tertiary/aromatic N) is 3. The number of aryl methyl sites for hydroxylation is 1. The van der Waals surface area contributed by atoms with E-state index in [0.29, 0.717) is 25.3 Å². The second kappa shape index (κ2) is 10.8. The number of benzene rings is 2. The Kier molecular flexibility index (Phi) is 7.35. The maximum atomic E-state index is 13.1. The van der Waals surface area contributed by atoms with Crippen molar-refractivity contribution in [3.05, 3.63) is 89.7 Å². The van der Waals surface area contributed by atoms with Gasteiger partial charge in [0.05, 0.1) is 0 Å². The Morgan fingerprint density at radius 1 is 1.00 bits per heavy atom. The summed E-state index contributed by atoms with van der Waals surface area (Å²) in [5.74, 6) is 0.654. The largest absolute Gasteiger partial charge is 0.484 e. The van der Waals surface area contributed by atoms with E-state index in [2.05, 4.69) is 36.2 Å². The fourth-order valence-electron chi connectivity index (χ4n) is 3.92. The van der Waals surface area contributed by atoms with Gasteiger partial charge in [0.1, 0.15) is 5.75 Å². The lowest BCUT2D eigenvalue weighted by atomic mass is 10.1. The maximum absolute atomic E-state index is 13.1. The molecule has 170 valence electrons. The van der Waals surface area contributed by atoms with E-state index >= 15 is 0 Å². The summed E-state index contributed by atoms with van der Waals surface area (Å²) in [6.45, 7) is 3.77. The van der Waals surface area contributed by atoms with Crippen LogP contribution >= 0.6 is 0 Å². The highest BCUT2D eigenvalue weighted by Crippen LogP contribution is 2.24. The summed E-state index contributed by atoms with van der Waals surface area (Å²) in [5, 5.41) is 0. The van der Waals surface area contributed by atoms with Crippen molar-refractivity contribution in [2.45, 2.75) is 39.3 Å². The summed E-state index contributed by atoms with van der Waals surface area (Å²) in [4.78, 5) is 32.8. The molecule has 1 aliphatic rings. The van der Waals surface area contributed by atoms with Crippen molar-refractivity contribution in [3.63, 3.8) is 0 Å². The van der Waals surface area contributed by atoms with E-state index in [0.717, 1.165) is 36.2 Å². The molecule has 0 unspecified atom stereocenters. The number of pyridine rings is 1. The highest BCUT2D eigenvalue weighted by Gasteiger charge is 2.21. The molecule has 1 aliphatic heterocycles. The summed E-state index contributed by atoms with van der Waals surface area (Å²) in [7, 11) is 0. The Morgan fingerprint density at radius 3 is 2.36 bits per heavy atom. The highest BCUT2D eigenvalue weighted by molar-refractivity contribution is 5.95. The van der Waals surface area contributed by atoms with Gasteiger partial charge in [0.25, 0.3) is 5.91 Å². The zero-order valence-corrected chi connectivity index (χ0v) is 18.9. The van der Waals surface area contributed by atoms with Crippen molar-refractivity contribution in [3.8, 4) is 5.75 Å². The minimum atomic E-state index is -0.0998. The summed E-state index contributed by atoms with van der Waals surface area (Å²) in [6.07, 6.45) is 5.97. The van der Waals surface area contributed by atoms with Crippen LogP contribution in [0.5, 0.6) is 5.75 Å². The van der Waals surface area contributed by atoms with E-state index in [1.807, 2.05) is 36.4 Å². The van der Waals surface area contributed by atoms with Gasteiger partial charge in [-0.15, -0.1) is 0 Å². The van der Waals surface area contributed by atoms with Crippen molar-refractivity contribution in [2.75, 3.05) is 18.1 Å². The van der Waals surface area contributed by atoms with Crippen LogP contribution in [0.25, 0.3) is 0 Å². The van der Waals surface area contributed by atoms with E-state index in [9.17, 15) is 9.59 Å². The van der Waals surface area contributed by atoms with Crippen LogP contribution in [0.15, 0.2) is 73.1 Å². The normalized spacial score (nSPS) is 13.2. The van der Waals surface area contributed by atoms with Crippen LogP contribution in [0, 0.1) is 0 Å². The Bertz CT molecular complexity index is 1070. The molecule has 0 bridgehead atoms. The second-order valence-electron chi connectivity index (χ2n) is 8.21. The summed E-state index contributed by atoms with van der Waals surface area (Å²) in [5.41, 5.74) is 4.18. The molecule has 2 amide bonds. The van der Waals surface area contributed by atoms with Crippen molar-refractivity contribution in [2.24, 2.45) is 0 Å². The van der Waals surface area contributed by atoms with Crippen LogP contribution in [0.2, 0.25) is 0 Å². The van der Waals surface area contributed by atoms with Crippen molar-refractivity contribution in [1.29, 1.82) is 0 Å². The lowest BCUT2D eigenvalue weighted by molar-refractivity contribution is -0.134. The highest BCUT2D eigenvalue weighted by atomic mass is 16.5. The van der Waals surface area contributed by atoms with Gasteiger partial charge in [-0.1, -0.05) is 37.3 Å². The van der Waals surface area contributed by atoms with E-state index in [1.54, 1.807) is 22.2 Å². The standard InChI is InChI=1S/C27H29N3O3/c1-2-21-7-9-22(10-8-21)18-29(19-23-5-3-15-28-17-23)27(32)20-33-25-13-11-24(12-14-25)30-16-4-6-26(30)31/h3,5,7-15,17H,2,4,6,16,18-20H2,1H3. The molecule has 1 saturated heterocycles. The molecule has 0 spiro atoms. The number of carbonyl (C=O) groups excluding carboxylic acids is 2. The monoisotopic (exact) mass is 443 g/mol. The predicted octanol–water partition coefficient (Wildman–Crippen LogP) is 4.38. The Labute approximate surface area is 194 Å². The van der Waals surface area contributed by atoms with Gasteiger partial charge in [-0.2, -0.15) is 0 Å². The predicted molar refractivity (Wildman–Crippen MR) is 128 cm³/mol. The number of carbonyl (C=O) groups is 2. The van der Waals surface area contributed by atoms with E-state index < -0.39 is 0 Å². The topological polar surface area (TPSA) is 62.7 Å². The molecule has 33 heavy (non-hydrogen) atoms. The lowest BCUT2D eigenvalue weighted by Crippen LogP contribution is -2.34. The van der Waals surface area contributed by atoms with Crippen LogP contribution in [0.1, 0.15) is 36.5 Å². The average molecular weight is 444 g/mol. The zero-order chi connectivity index (χ0) is 23.0. The van der Waals surface area contributed by atoms with Crippen LogP contribution in [0.4, 0.5) is 5.69 Å². The molecule has 0 atom stereocenters. The Balaban J connectivity index is 1.41. The quantitative estimate of drug-likeness (QED) is 0.492. The van der Waals surface area contributed by atoms with E-state index in [-0.39, 0.29) is 18.4 Å². The molecule has 0 N–H and O–H groups in total. The van der Waals surface area contributed by atoms with Crippen LogP contribution in [-0.2, 0) is 29.1 Å². The first kappa shape index (κ1) is 22.5. The molecular weight excluding hydrogens is 414 g/mol. The van der Waals surface area contributed by atoms with Gasteiger partial charge in [0, 0.05) is 44.1 Å². The van der Waals surface area contributed by atoms with E-state index in [4.69, 9.17) is 4.74 Å². The molecule has 6 nitrogen and oxygen atoms in total. The lowest BCUT2D eigenvalue weighted by Gasteiger charge is -2.23. The minimum Gasteiger partial charge on any atom is -0.484 e. The first-order valence-electron chi connectivity index (χ1n) is 11.4. The van der Waals surface area contributed by atoms with Crippen LogP contribution in [0.3, 0.4) is 0 Å². The molecule has 3 aromatic rings. The number of anilines is 1. The number of amides is 2. The van der Waals surface area contributed by atoms with Gasteiger partial charge in [-0.05, 0) is 59.9 Å². The Morgan fingerprint density at radius 2 is 1.73 bits per heavy atom. The summed E-state index contributed by atoms with van der Waals surface area (Å²) < 4.78 is 5.79. The van der Waals surface area contributed by atoms with E-state index in [1.165, 1.54) is 5.56 Å². The van der Waals surface area contributed by atoms with Gasteiger partial charge in [0.2, 0.25) is 5.91 Å². The second-order valence-corrected chi connectivity index (χ2v) is 8.21. The summed E-state index contributed by atoms with van der Waals surface area (Å²) >= 11 is 0. The fourth-order valence-corrected chi connectivity index (χ4v) is 3.92. The fraction of sp³-hybridized carbons (Fsp3) is 0.296. The van der Waals surface area contributed by atoms with Gasteiger partial charge in [-0.25, -0.2) is 0 Å². The third-order valence-corrected chi connectivity index (χ3v) is 5.84. The Hall–Kier alpha value is -3.67. The molecule has 2 heterocycles. The molecular formula is C27H29N3O3. The molecule has 0 saturated carbocycles. The van der Waals surface area contributed by atoms with Gasteiger partial charge in [-0.3, -0.25) is 14.6 Å². The molecule has 6 heteroatoms. The zero-order valence-electron chi connectivity index (χ0n) is 18.9. The van der Waals surface area contributed by atoms with Crippen molar-refractivity contribution < 1.29 is 14.3 Å². The number of ether oxygens (including phenoxy) is 1. The van der Waals surface area contributed by atoms with Gasteiger partial charge >= 0.3 is 0 Å². The number of aromatic nitrogens is 1.